The van der Waals surface area contributed by atoms with Gasteiger partial charge in [-0.3, -0.25) is 0 Å². The van der Waals surface area contributed by atoms with Gasteiger partial charge in [0.1, 0.15) is 6.17 Å². The smallest absolute Gasteiger partial charge is 0.312 e. The Balaban J connectivity index is 2.79. The molecule has 0 aromatic carbocycles. The van der Waals surface area contributed by atoms with Crippen LogP contribution >= 0.6 is 0 Å². The molecule has 2 unspecified atom stereocenters. The normalized spacial score (nSPS) is 32.8. The third kappa shape index (κ3) is 2.70. The van der Waals surface area contributed by atoms with Crippen molar-refractivity contribution in [2.45, 2.75) is 49.6 Å². The van der Waals surface area contributed by atoms with E-state index in [0.717, 1.165) is 0 Å². The van der Waals surface area contributed by atoms with Gasteiger partial charge in [0, 0.05) is 6.42 Å². The van der Waals surface area contributed by atoms with Crippen LogP contribution in [-0.2, 0) is 4.74 Å². The molecular formula is C9H10F8O. The topological polar surface area (TPSA) is 9.23 Å². The number of hydrogen-bond donors (Lipinski definition) is 0. The summed E-state index contributed by atoms with van der Waals surface area (Å²) in [5.74, 6) is -4.23. The van der Waals surface area contributed by atoms with Gasteiger partial charge in [0.15, 0.2) is 0 Å². The van der Waals surface area contributed by atoms with E-state index in [1.807, 2.05) is 0 Å². The molecule has 1 nitrogen and oxygen atoms in total. The van der Waals surface area contributed by atoms with E-state index in [4.69, 9.17) is 0 Å². The highest BCUT2D eigenvalue weighted by Gasteiger charge is 2.63. The van der Waals surface area contributed by atoms with E-state index >= 15 is 0 Å². The fourth-order valence-corrected chi connectivity index (χ4v) is 1.63. The van der Waals surface area contributed by atoms with Crippen molar-refractivity contribution in [2.24, 2.45) is 0 Å². The Bertz CT molecular complexity index is 294. The lowest BCUT2D eigenvalue weighted by Crippen LogP contribution is -2.58. The summed E-state index contributed by atoms with van der Waals surface area (Å²) in [5, 5.41) is 0. The van der Waals surface area contributed by atoms with Gasteiger partial charge < -0.3 is 4.74 Å². The molecule has 2 atom stereocenters. The molecule has 0 spiro atoms. The van der Waals surface area contributed by atoms with Crippen LogP contribution in [0.4, 0.5) is 35.1 Å². The van der Waals surface area contributed by atoms with Crippen LogP contribution in [-0.4, -0.2) is 36.9 Å². The molecule has 0 radical (unpaired) electrons. The second-order valence-corrected chi connectivity index (χ2v) is 4.08. The summed E-state index contributed by atoms with van der Waals surface area (Å²) in [6.45, 7) is -2.13. The van der Waals surface area contributed by atoms with Gasteiger partial charge in [0.2, 0.25) is 5.67 Å². The van der Waals surface area contributed by atoms with Crippen LogP contribution in [0.1, 0.15) is 19.3 Å². The summed E-state index contributed by atoms with van der Waals surface area (Å²) >= 11 is 0. The summed E-state index contributed by atoms with van der Waals surface area (Å²) in [7, 11) is 0. The lowest BCUT2D eigenvalue weighted by molar-refractivity contribution is -0.328. The van der Waals surface area contributed by atoms with Crippen molar-refractivity contribution in [2.75, 3.05) is 6.61 Å². The maximum absolute atomic E-state index is 13.7. The molecule has 0 amide bonds. The van der Waals surface area contributed by atoms with Crippen LogP contribution in [0.5, 0.6) is 0 Å². The maximum Gasteiger partial charge on any atom is 0.416 e. The third-order valence-electron chi connectivity index (χ3n) is 2.78. The summed E-state index contributed by atoms with van der Waals surface area (Å²) < 4.78 is 104. The Labute approximate surface area is 97.1 Å². The molecule has 1 aliphatic rings. The van der Waals surface area contributed by atoms with E-state index < -0.39 is 49.7 Å². The molecule has 0 N–H and O–H groups in total. The minimum atomic E-state index is -5.09. The van der Waals surface area contributed by atoms with E-state index in [1.165, 1.54) is 0 Å². The lowest BCUT2D eigenvalue weighted by Gasteiger charge is -2.39. The Morgan fingerprint density at radius 3 is 2.22 bits per heavy atom. The molecule has 1 saturated carbocycles. The molecule has 1 aliphatic carbocycles. The Kier molecular flexibility index (Phi) is 4.14. The zero-order valence-corrected chi connectivity index (χ0v) is 8.92. The van der Waals surface area contributed by atoms with Crippen molar-refractivity contribution < 1.29 is 39.9 Å². The predicted molar refractivity (Wildman–Crippen MR) is 44.4 cm³/mol. The summed E-state index contributed by atoms with van der Waals surface area (Å²) in [6, 6.07) is 0. The first-order valence-electron chi connectivity index (χ1n) is 5.04. The highest BCUT2D eigenvalue weighted by Crippen LogP contribution is 2.47. The lowest BCUT2D eigenvalue weighted by atomic mass is 9.81. The van der Waals surface area contributed by atoms with Crippen LogP contribution in [0.3, 0.4) is 0 Å². The standard InChI is InChI=1S/C9H10F8O/c10-5-2-1-3-8(14,15)7(5,13)4-18-9(16,17)6(11)12/h5-6H,1-4H2. The molecule has 9 heteroatoms. The van der Waals surface area contributed by atoms with Crippen molar-refractivity contribution in [3.8, 4) is 0 Å². The number of rotatable bonds is 4. The summed E-state index contributed by atoms with van der Waals surface area (Å²) in [5.41, 5.74) is -4.01. The van der Waals surface area contributed by atoms with E-state index in [-0.39, 0.29) is 6.42 Å². The van der Waals surface area contributed by atoms with Crippen LogP contribution in [0, 0.1) is 0 Å². The first-order valence-corrected chi connectivity index (χ1v) is 5.04. The second-order valence-electron chi connectivity index (χ2n) is 4.08. The van der Waals surface area contributed by atoms with Crippen molar-refractivity contribution in [3.05, 3.63) is 0 Å². The van der Waals surface area contributed by atoms with Gasteiger partial charge in [-0.15, -0.1) is 0 Å². The average Bonchev–Trinajstić information content (AvgIpc) is 2.23. The van der Waals surface area contributed by atoms with E-state index in [2.05, 4.69) is 4.74 Å². The second kappa shape index (κ2) is 4.82. The Hall–Kier alpha value is -0.600. The van der Waals surface area contributed by atoms with Gasteiger partial charge in [-0.25, -0.2) is 26.3 Å². The molecule has 0 aromatic rings. The first-order chi connectivity index (χ1) is 8.03. The van der Waals surface area contributed by atoms with Crippen molar-refractivity contribution >= 4 is 0 Å². The van der Waals surface area contributed by atoms with E-state index in [9.17, 15) is 35.1 Å². The number of halogens is 8. The molecule has 0 saturated heterocycles. The van der Waals surface area contributed by atoms with Crippen molar-refractivity contribution in [3.63, 3.8) is 0 Å². The maximum atomic E-state index is 13.7. The molecular weight excluding hydrogens is 276 g/mol. The SMILES string of the molecule is FC(F)C(F)(F)OCC1(F)C(F)CCCC1(F)F. The van der Waals surface area contributed by atoms with Gasteiger partial charge >= 0.3 is 12.5 Å². The highest BCUT2D eigenvalue weighted by atomic mass is 19.3. The first kappa shape index (κ1) is 15.5. The molecule has 0 bridgehead atoms. The van der Waals surface area contributed by atoms with Gasteiger partial charge in [-0.05, 0) is 12.8 Å². The van der Waals surface area contributed by atoms with Gasteiger partial charge in [-0.1, -0.05) is 0 Å². The van der Waals surface area contributed by atoms with Crippen molar-refractivity contribution in [1.82, 2.24) is 0 Å². The summed E-state index contributed by atoms with van der Waals surface area (Å²) in [6.07, 6.45) is -14.1. The number of ether oxygens (including phenoxy) is 1. The van der Waals surface area contributed by atoms with Gasteiger partial charge in [-0.2, -0.15) is 8.78 Å². The molecule has 18 heavy (non-hydrogen) atoms. The van der Waals surface area contributed by atoms with E-state index in [0.29, 0.717) is 0 Å². The van der Waals surface area contributed by atoms with Crippen molar-refractivity contribution in [1.29, 1.82) is 0 Å². The van der Waals surface area contributed by atoms with Crippen LogP contribution in [0.25, 0.3) is 0 Å². The Morgan fingerprint density at radius 1 is 1.22 bits per heavy atom. The molecule has 0 aliphatic heterocycles. The predicted octanol–water partition coefficient (Wildman–Crippen LogP) is 3.73. The van der Waals surface area contributed by atoms with E-state index in [1.54, 1.807) is 0 Å². The van der Waals surface area contributed by atoms with Crippen LogP contribution in [0.2, 0.25) is 0 Å². The fourth-order valence-electron chi connectivity index (χ4n) is 1.63. The van der Waals surface area contributed by atoms with Crippen LogP contribution < -0.4 is 0 Å². The minimum absolute atomic E-state index is 0.328. The van der Waals surface area contributed by atoms with Gasteiger partial charge in [0.05, 0.1) is 6.61 Å². The minimum Gasteiger partial charge on any atom is -0.312 e. The Morgan fingerprint density at radius 2 is 1.78 bits per heavy atom. The van der Waals surface area contributed by atoms with Crippen LogP contribution in [0.15, 0.2) is 0 Å². The molecule has 0 aromatic heterocycles. The monoisotopic (exact) mass is 286 g/mol. The highest BCUT2D eigenvalue weighted by molar-refractivity contribution is 5.03. The molecule has 108 valence electrons. The molecule has 1 fully saturated rings. The summed E-state index contributed by atoms with van der Waals surface area (Å²) in [4.78, 5) is 0. The van der Waals surface area contributed by atoms with Gasteiger partial charge in [0.25, 0.3) is 5.92 Å². The average molecular weight is 286 g/mol. The largest absolute Gasteiger partial charge is 0.416 e. The zero-order chi connectivity index (χ0) is 14.2. The molecule has 0 heterocycles. The zero-order valence-electron chi connectivity index (χ0n) is 8.92. The third-order valence-corrected chi connectivity index (χ3v) is 2.78. The number of alkyl halides is 8. The fraction of sp³-hybridized carbons (Fsp3) is 1.00. The number of hydrogen-bond acceptors (Lipinski definition) is 1. The quantitative estimate of drug-likeness (QED) is 0.716. The molecule has 1 rings (SSSR count).